The molecule has 0 radical (unpaired) electrons. The van der Waals surface area contributed by atoms with Gasteiger partial charge in [0.05, 0.1) is 38.5 Å². The first-order chi connectivity index (χ1) is 16.0. The summed E-state index contributed by atoms with van der Waals surface area (Å²) in [5.41, 5.74) is -0.618. The van der Waals surface area contributed by atoms with E-state index in [1.165, 1.54) is 10.4 Å². The lowest BCUT2D eigenvalue weighted by Crippen LogP contribution is -2.68. The second-order valence-electron chi connectivity index (χ2n) is 10.9. The van der Waals surface area contributed by atoms with Crippen LogP contribution in [0.3, 0.4) is 0 Å². The molecule has 3 rings (SSSR count). The summed E-state index contributed by atoms with van der Waals surface area (Å²) in [6.07, 6.45) is -0.845. The highest BCUT2D eigenvalue weighted by Crippen LogP contribution is 2.37. The van der Waals surface area contributed by atoms with Crippen LogP contribution >= 0.6 is 0 Å². The summed E-state index contributed by atoms with van der Waals surface area (Å²) < 4.78 is 18.6. The van der Waals surface area contributed by atoms with Crippen molar-refractivity contribution in [1.29, 1.82) is 0 Å². The summed E-state index contributed by atoms with van der Waals surface area (Å²) in [7, 11) is -2.75. The van der Waals surface area contributed by atoms with E-state index in [2.05, 4.69) is 69.3 Å². The molecule has 0 spiro atoms. The molecule has 1 fully saturated rings. The topological polar surface area (TPSA) is 68.2 Å². The van der Waals surface area contributed by atoms with Crippen molar-refractivity contribution in [1.82, 2.24) is 4.90 Å². The fourth-order valence-electron chi connectivity index (χ4n) is 4.53. The van der Waals surface area contributed by atoms with Crippen molar-refractivity contribution < 1.29 is 23.8 Å². The van der Waals surface area contributed by atoms with E-state index in [-0.39, 0.29) is 30.8 Å². The number of hydrogen-bond acceptors (Lipinski definition) is 5. The highest BCUT2D eigenvalue weighted by Gasteiger charge is 2.51. The van der Waals surface area contributed by atoms with E-state index in [4.69, 9.17) is 13.9 Å². The number of aliphatic hydroxyl groups is 1. The minimum atomic E-state index is -2.75. The molecule has 1 amide bonds. The van der Waals surface area contributed by atoms with Gasteiger partial charge in [-0.05, 0) is 36.2 Å². The third kappa shape index (κ3) is 5.89. The van der Waals surface area contributed by atoms with E-state index in [0.29, 0.717) is 6.61 Å². The van der Waals surface area contributed by atoms with Gasteiger partial charge in [0.2, 0.25) is 0 Å². The number of ether oxygens (including phenoxy) is 2. The fourth-order valence-corrected chi connectivity index (χ4v) is 9.13. The van der Waals surface area contributed by atoms with Gasteiger partial charge in [-0.2, -0.15) is 0 Å². The molecule has 0 aromatic heterocycles. The Kier molecular flexibility index (Phi) is 8.24. The van der Waals surface area contributed by atoms with Gasteiger partial charge in [0.15, 0.2) is 0 Å². The lowest BCUT2D eigenvalue weighted by atomic mass is 10.2. The lowest BCUT2D eigenvalue weighted by molar-refractivity contribution is -0.0924. The molecule has 1 heterocycles. The van der Waals surface area contributed by atoms with Crippen LogP contribution in [0.2, 0.25) is 5.04 Å². The number of carbonyl (C=O) groups excluding carboxylic acids is 1. The Bertz CT molecular complexity index is 884. The summed E-state index contributed by atoms with van der Waals surface area (Å²) in [6.45, 7) is 12.9. The molecule has 0 saturated carbocycles. The smallest absolute Gasteiger partial charge is 0.410 e. The predicted octanol–water partition coefficient (Wildman–Crippen LogP) is 3.56. The number of morpholine rings is 1. The summed E-state index contributed by atoms with van der Waals surface area (Å²) >= 11 is 0. The molecule has 1 aliphatic rings. The van der Waals surface area contributed by atoms with Crippen LogP contribution in [0.5, 0.6) is 0 Å². The first-order valence-electron chi connectivity index (χ1n) is 11.9. The van der Waals surface area contributed by atoms with Gasteiger partial charge in [-0.15, -0.1) is 0 Å². The van der Waals surface area contributed by atoms with Crippen LogP contribution in [0.1, 0.15) is 41.5 Å². The molecule has 7 heteroatoms. The van der Waals surface area contributed by atoms with Crippen LogP contribution in [-0.4, -0.2) is 68.5 Å². The first kappa shape index (κ1) is 26.4. The van der Waals surface area contributed by atoms with Crippen molar-refractivity contribution in [2.45, 2.75) is 64.3 Å². The van der Waals surface area contributed by atoms with Gasteiger partial charge in [-0.3, -0.25) is 4.90 Å². The Morgan fingerprint density at radius 1 is 1.00 bits per heavy atom. The number of aliphatic hydroxyl groups excluding tert-OH is 1. The molecule has 0 unspecified atom stereocenters. The number of hydrogen-bond donors (Lipinski definition) is 1. The molecule has 0 bridgehead atoms. The molecule has 1 N–H and O–H groups in total. The van der Waals surface area contributed by atoms with Crippen molar-refractivity contribution in [3.63, 3.8) is 0 Å². The first-order valence-corrected chi connectivity index (χ1v) is 13.9. The van der Waals surface area contributed by atoms with Gasteiger partial charge in [0.25, 0.3) is 8.32 Å². The van der Waals surface area contributed by atoms with E-state index in [0.717, 1.165) is 0 Å². The Morgan fingerprint density at radius 3 is 1.97 bits per heavy atom. The van der Waals surface area contributed by atoms with Gasteiger partial charge in [-0.25, -0.2) is 4.79 Å². The molecular weight excluding hydrogens is 446 g/mol. The summed E-state index contributed by atoms with van der Waals surface area (Å²) in [6, 6.07) is 20.5. The zero-order valence-corrected chi connectivity index (χ0v) is 22.3. The predicted molar refractivity (Wildman–Crippen MR) is 137 cm³/mol. The van der Waals surface area contributed by atoms with Crippen LogP contribution in [-0.2, 0) is 13.9 Å². The van der Waals surface area contributed by atoms with Gasteiger partial charge < -0.3 is 19.0 Å². The minimum Gasteiger partial charge on any atom is -0.444 e. The Hall–Kier alpha value is -2.19. The van der Waals surface area contributed by atoms with Gasteiger partial charge in [0.1, 0.15) is 5.60 Å². The second-order valence-corrected chi connectivity index (χ2v) is 15.2. The molecule has 1 aliphatic heterocycles. The fraction of sp³-hybridized carbons (Fsp3) is 0.519. The van der Waals surface area contributed by atoms with Crippen molar-refractivity contribution >= 4 is 24.8 Å². The molecule has 34 heavy (non-hydrogen) atoms. The van der Waals surface area contributed by atoms with Gasteiger partial charge in [-0.1, -0.05) is 81.4 Å². The molecule has 2 aromatic carbocycles. The van der Waals surface area contributed by atoms with E-state index >= 15 is 0 Å². The van der Waals surface area contributed by atoms with Crippen LogP contribution in [0.4, 0.5) is 4.79 Å². The molecular formula is C27H39NO5Si. The summed E-state index contributed by atoms with van der Waals surface area (Å²) in [5, 5.41) is 11.8. The summed E-state index contributed by atoms with van der Waals surface area (Å²) in [4.78, 5) is 14.7. The Balaban J connectivity index is 1.97. The van der Waals surface area contributed by atoms with Gasteiger partial charge in [0, 0.05) is 0 Å². The van der Waals surface area contributed by atoms with Crippen molar-refractivity contribution in [3.8, 4) is 0 Å². The average Bonchev–Trinajstić information content (AvgIpc) is 2.79. The van der Waals surface area contributed by atoms with E-state index in [9.17, 15) is 9.90 Å². The number of carbonyl (C=O) groups is 1. The molecule has 1 saturated heterocycles. The molecule has 2 aromatic rings. The maximum atomic E-state index is 13.1. The average molecular weight is 486 g/mol. The van der Waals surface area contributed by atoms with Crippen LogP contribution in [0, 0.1) is 0 Å². The van der Waals surface area contributed by atoms with Crippen molar-refractivity contribution in [3.05, 3.63) is 60.7 Å². The van der Waals surface area contributed by atoms with Crippen LogP contribution in [0.25, 0.3) is 0 Å². The third-order valence-corrected chi connectivity index (χ3v) is 11.1. The zero-order valence-electron chi connectivity index (χ0n) is 21.3. The number of rotatable bonds is 6. The van der Waals surface area contributed by atoms with E-state index in [1.54, 1.807) is 4.90 Å². The van der Waals surface area contributed by atoms with E-state index < -0.39 is 26.1 Å². The normalized spacial score (nSPS) is 19.7. The largest absolute Gasteiger partial charge is 0.444 e. The van der Waals surface area contributed by atoms with Crippen LogP contribution in [0.15, 0.2) is 60.7 Å². The van der Waals surface area contributed by atoms with E-state index in [1.807, 2.05) is 32.9 Å². The summed E-state index contributed by atoms with van der Waals surface area (Å²) in [5.74, 6) is 0. The van der Waals surface area contributed by atoms with Gasteiger partial charge >= 0.3 is 6.09 Å². The zero-order chi connectivity index (χ0) is 25.0. The lowest BCUT2D eigenvalue weighted by Gasteiger charge is -2.45. The monoisotopic (exact) mass is 485 g/mol. The molecule has 0 aliphatic carbocycles. The van der Waals surface area contributed by atoms with Crippen molar-refractivity contribution in [2.24, 2.45) is 0 Å². The number of nitrogens with zero attached hydrogens (tertiary/aromatic N) is 1. The maximum absolute atomic E-state index is 13.1. The Labute approximate surface area is 205 Å². The minimum absolute atomic E-state index is 0.151. The SMILES string of the molecule is CC(C)(C)OC(=O)N1C[C@H](CO)OC[C@H]1CO[Si](c1ccccc1)(c1ccccc1)C(C)(C)C. The highest BCUT2D eigenvalue weighted by atomic mass is 28.4. The van der Waals surface area contributed by atoms with Crippen LogP contribution < -0.4 is 10.4 Å². The Morgan fingerprint density at radius 2 is 1.53 bits per heavy atom. The quantitative estimate of drug-likeness (QED) is 0.634. The van der Waals surface area contributed by atoms with Crippen molar-refractivity contribution in [2.75, 3.05) is 26.4 Å². The molecule has 2 atom stereocenters. The standard InChI is InChI=1S/C27H39NO5Si/c1-26(2,3)33-25(30)28-17-22(18-29)31-19-21(28)20-32-34(27(4,5)6,23-13-9-7-10-14-23)24-15-11-8-12-16-24/h7-16,21-22,29H,17-20H2,1-6H3/t21-,22+/m0/s1. The highest BCUT2D eigenvalue weighted by molar-refractivity contribution is 6.99. The molecule has 186 valence electrons. The maximum Gasteiger partial charge on any atom is 0.410 e. The number of amides is 1. The third-order valence-electron chi connectivity index (χ3n) is 6.11. The number of benzene rings is 2. The molecule has 6 nitrogen and oxygen atoms in total. The second kappa shape index (κ2) is 10.6.